The molecule has 0 saturated heterocycles. The largest absolute Gasteiger partial charge is 3.00 e. The van der Waals surface area contributed by atoms with Crippen molar-refractivity contribution >= 4 is 21.7 Å². The summed E-state index contributed by atoms with van der Waals surface area (Å²) in [6, 6.07) is 23.8. The van der Waals surface area contributed by atoms with Crippen molar-refractivity contribution in [3.05, 3.63) is 121 Å². The molecule has 1 aromatic carbocycles. The number of benzene rings is 1. The molecule has 2 aliphatic rings. The van der Waals surface area contributed by atoms with Crippen LogP contribution in [-0.2, 0) is 40.3 Å². The maximum absolute atomic E-state index is 11.4. The van der Waals surface area contributed by atoms with Crippen molar-refractivity contribution in [2.45, 2.75) is 55.8 Å². The minimum Gasteiger partial charge on any atom is -0.495 e. The van der Waals surface area contributed by atoms with Crippen LogP contribution in [0.4, 0.5) is 5.69 Å². The Hall–Kier alpha value is -3.64. The van der Waals surface area contributed by atoms with Gasteiger partial charge in [-0.15, -0.1) is 6.07 Å². The molecule has 0 bridgehead atoms. The molecular weight excluding hydrogens is 620 g/mol. The molecule has 12 heteroatoms. The van der Waals surface area contributed by atoms with Crippen LogP contribution in [0.2, 0.25) is 0 Å². The Balaban J connectivity index is 0.00000384. The van der Waals surface area contributed by atoms with Crippen molar-refractivity contribution in [1.82, 2.24) is 19.8 Å². The number of hydrogen-bond donors (Lipinski definition) is 2. The second kappa shape index (κ2) is 14.0. The Morgan fingerprint density at radius 3 is 2.41 bits per heavy atom. The summed E-state index contributed by atoms with van der Waals surface area (Å²) in [6.07, 6.45) is 10.9. The van der Waals surface area contributed by atoms with Crippen LogP contribution in [-0.4, -0.2) is 62.4 Å². The molecule has 1 radical (unpaired) electrons. The fourth-order valence-electron chi connectivity index (χ4n) is 6.17. The zero-order valence-corrected chi connectivity index (χ0v) is 25.9. The van der Waals surface area contributed by atoms with E-state index in [-0.39, 0.29) is 46.5 Å². The third kappa shape index (κ3) is 7.18. The van der Waals surface area contributed by atoms with E-state index < -0.39 is 10.1 Å². The Morgan fingerprint density at radius 2 is 1.70 bits per heavy atom. The molecule has 1 aliphatic heterocycles. The second-order valence-corrected chi connectivity index (χ2v) is 12.3. The van der Waals surface area contributed by atoms with Gasteiger partial charge in [-0.25, -0.2) is 4.99 Å². The molecule has 2 N–H and O–H groups in total. The molecule has 1 saturated carbocycles. The van der Waals surface area contributed by atoms with Gasteiger partial charge < -0.3 is 5.11 Å². The molecule has 227 valence electrons. The number of aliphatic hydroxyl groups is 1. The van der Waals surface area contributed by atoms with Crippen molar-refractivity contribution in [3.8, 4) is 0 Å². The number of aromatic nitrogens is 3. The van der Waals surface area contributed by atoms with E-state index >= 15 is 0 Å². The Labute approximate surface area is 268 Å². The van der Waals surface area contributed by atoms with Crippen molar-refractivity contribution in [3.63, 3.8) is 0 Å². The van der Waals surface area contributed by atoms with Gasteiger partial charge in [-0.3, -0.25) is 28.9 Å². The van der Waals surface area contributed by atoms with Crippen LogP contribution >= 0.6 is 0 Å². The maximum Gasteiger partial charge on any atom is 3.00 e. The van der Waals surface area contributed by atoms with Crippen LogP contribution in [0.15, 0.2) is 107 Å². The van der Waals surface area contributed by atoms with Crippen LogP contribution < -0.4 is 4.57 Å². The van der Waals surface area contributed by atoms with E-state index in [0.717, 1.165) is 49.8 Å². The third-order valence-corrected chi connectivity index (χ3v) is 8.93. The number of aliphatic hydroxyl groups excluding tert-OH is 1. The van der Waals surface area contributed by atoms with Crippen LogP contribution in [0.25, 0.3) is 0 Å². The van der Waals surface area contributed by atoms with Crippen molar-refractivity contribution in [2.75, 3.05) is 6.54 Å². The van der Waals surface area contributed by atoms with Crippen LogP contribution in [0.3, 0.4) is 0 Å². The summed E-state index contributed by atoms with van der Waals surface area (Å²) in [4.78, 5) is 18.2. The Kier molecular flexibility index (Phi) is 10.1. The fourth-order valence-corrected chi connectivity index (χ4v) is 6.65. The normalized spacial score (nSPS) is 19.0. The van der Waals surface area contributed by atoms with E-state index in [2.05, 4.69) is 42.7 Å². The average Bonchev–Trinajstić information content (AvgIpc) is 3.41. The van der Waals surface area contributed by atoms with Crippen molar-refractivity contribution in [1.29, 1.82) is 0 Å². The summed E-state index contributed by atoms with van der Waals surface area (Å²) in [5.41, 5.74) is 3.39. The first-order chi connectivity index (χ1) is 20.9. The number of fused-ring (bicyclic) bond motifs is 1. The van der Waals surface area contributed by atoms with Gasteiger partial charge in [0, 0.05) is 31.0 Å². The minimum atomic E-state index is -4.31. The fraction of sp³-hybridized carbons (Fsp3) is 0.281. The van der Waals surface area contributed by atoms with Gasteiger partial charge in [0.05, 0.1) is 41.3 Å². The molecule has 2 atom stereocenters. The van der Waals surface area contributed by atoms with Gasteiger partial charge in [-0.2, -0.15) is 8.42 Å². The van der Waals surface area contributed by atoms with E-state index in [9.17, 15) is 18.1 Å². The third-order valence-electron chi connectivity index (χ3n) is 8.06. The average molecular weight is 655 g/mol. The molecule has 1 unspecified atom stereocenters. The monoisotopic (exact) mass is 654 g/mol. The van der Waals surface area contributed by atoms with Gasteiger partial charge in [0.15, 0.2) is 6.17 Å². The predicted molar refractivity (Wildman–Crippen MR) is 161 cm³/mol. The van der Waals surface area contributed by atoms with Crippen LogP contribution in [0.1, 0.15) is 42.8 Å². The van der Waals surface area contributed by atoms with Gasteiger partial charge in [-0.1, -0.05) is 37.1 Å². The molecular formula is C32H34FeN6O4S+3. The van der Waals surface area contributed by atoms with Gasteiger partial charge >= 0.3 is 17.1 Å². The van der Waals surface area contributed by atoms with Gasteiger partial charge in [0.2, 0.25) is 5.90 Å². The molecule has 6 rings (SSSR count). The van der Waals surface area contributed by atoms with Crippen molar-refractivity contribution < 1.29 is 39.7 Å². The summed E-state index contributed by atoms with van der Waals surface area (Å²) in [5, 5.41) is 11.1. The molecule has 0 spiro atoms. The van der Waals surface area contributed by atoms with E-state index in [4.69, 9.17) is 4.98 Å². The molecule has 4 heterocycles. The Morgan fingerprint density at radius 1 is 0.977 bits per heavy atom. The summed E-state index contributed by atoms with van der Waals surface area (Å²) < 4.78 is 34.4. The maximum atomic E-state index is 11.4. The zero-order chi connectivity index (χ0) is 29.8. The molecule has 3 aromatic heterocycles. The predicted octanol–water partition coefficient (Wildman–Crippen LogP) is 4.31. The summed E-state index contributed by atoms with van der Waals surface area (Å²) >= 11 is 0. The number of pyridine rings is 3. The van der Waals surface area contributed by atoms with Crippen molar-refractivity contribution in [2.24, 2.45) is 4.99 Å². The molecule has 10 nitrogen and oxygen atoms in total. The molecule has 44 heavy (non-hydrogen) atoms. The molecule has 1 fully saturated rings. The summed E-state index contributed by atoms with van der Waals surface area (Å²) in [6.45, 7) is 1.46. The number of aliphatic imine (C=N–C) groups is 1. The number of nitrogens with zero attached hydrogens (tertiary/aromatic N) is 6. The van der Waals surface area contributed by atoms with Crippen LogP contribution in [0, 0.1) is 6.17 Å². The molecule has 4 aromatic rings. The van der Waals surface area contributed by atoms with Crippen LogP contribution in [0.5, 0.6) is 0 Å². The van der Waals surface area contributed by atoms with E-state index in [1.807, 2.05) is 48.7 Å². The number of rotatable bonds is 9. The van der Waals surface area contributed by atoms with E-state index in [1.54, 1.807) is 6.20 Å². The minimum absolute atomic E-state index is 0. The standard InChI is InChI=1S/C32H34N6O4S.Fe/c39-31(35-24-14-16-27(17-15-24)43(40,41)42)23-36(21-25-9-3-6-18-33-25)29-12-1-2-13-30(29)38-22-26-10-5-8-20-37(26)32(38)28-11-4-7-19-34-28;/h3-11,14-20,29-30H,1-2,12-13,21-23H2,(H,35,39)(H,40,41,42);/q;+3/t29?,30-;/m0./s1. The smallest absolute Gasteiger partial charge is 0.495 e. The van der Waals surface area contributed by atoms with Gasteiger partial charge in [-0.05, 0) is 61.4 Å². The molecule has 1 aliphatic carbocycles. The zero-order valence-electron chi connectivity index (χ0n) is 24.0. The summed E-state index contributed by atoms with van der Waals surface area (Å²) in [7, 11) is -4.31. The molecule has 0 amide bonds. The Bertz CT molecular complexity index is 1680. The summed E-state index contributed by atoms with van der Waals surface area (Å²) in [5.74, 6) is -0.0899. The SMILES string of the molecule is O=S(=O)(O)c1ccc(N=C(O)CN(Cc2ccccn2)C2CCCC[C@@H]2N2Cc3cccc[n+]3[C-]2c2ccccn2)cc1.[Fe+3]. The first kappa shape index (κ1) is 31.8. The quantitative estimate of drug-likeness (QED) is 0.0684. The second-order valence-electron chi connectivity index (χ2n) is 10.9. The first-order valence-corrected chi connectivity index (χ1v) is 15.8. The number of hydrogen-bond acceptors (Lipinski definition) is 7. The topological polar surface area (TPSA) is 123 Å². The first-order valence-electron chi connectivity index (χ1n) is 14.4. The van der Waals surface area contributed by atoms with Gasteiger partial charge in [0.1, 0.15) is 5.69 Å². The van der Waals surface area contributed by atoms with E-state index in [0.29, 0.717) is 12.2 Å². The van der Waals surface area contributed by atoms with Gasteiger partial charge in [0.25, 0.3) is 10.1 Å². The van der Waals surface area contributed by atoms with E-state index in [1.165, 1.54) is 30.0 Å².